The standard InChI is InChI=1S/C24H26N2O2S2/c1-5-28-23(27)20-14-19(13-18-9-7-6-8-10-18)30-22(20)26-24(29)25-21-16(3)11-15(2)12-17(21)4/h6-12,14H,5,13H2,1-4H3,(H2,25,26,29). The normalized spacial score (nSPS) is 10.5. The third-order valence-corrected chi connectivity index (χ3v) is 5.90. The van der Waals surface area contributed by atoms with Crippen molar-refractivity contribution in [3.63, 3.8) is 0 Å². The van der Waals surface area contributed by atoms with Gasteiger partial charge in [0.25, 0.3) is 0 Å². The number of rotatable bonds is 6. The minimum Gasteiger partial charge on any atom is -0.462 e. The molecule has 0 saturated heterocycles. The van der Waals surface area contributed by atoms with Crippen molar-refractivity contribution in [1.82, 2.24) is 0 Å². The van der Waals surface area contributed by atoms with Gasteiger partial charge in [0.1, 0.15) is 5.00 Å². The molecule has 30 heavy (non-hydrogen) atoms. The van der Waals surface area contributed by atoms with E-state index in [0.29, 0.717) is 22.3 Å². The van der Waals surface area contributed by atoms with Crippen molar-refractivity contribution in [2.75, 3.05) is 17.2 Å². The van der Waals surface area contributed by atoms with Crippen LogP contribution in [0.25, 0.3) is 0 Å². The summed E-state index contributed by atoms with van der Waals surface area (Å²) in [6.45, 7) is 8.31. The molecule has 0 aliphatic heterocycles. The van der Waals surface area contributed by atoms with E-state index in [9.17, 15) is 4.79 Å². The van der Waals surface area contributed by atoms with E-state index in [1.165, 1.54) is 22.5 Å². The van der Waals surface area contributed by atoms with Gasteiger partial charge in [0.2, 0.25) is 0 Å². The monoisotopic (exact) mass is 438 g/mol. The molecule has 0 aliphatic carbocycles. The first-order chi connectivity index (χ1) is 14.4. The molecule has 1 aromatic heterocycles. The molecule has 0 saturated carbocycles. The van der Waals surface area contributed by atoms with Gasteiger partial charge in [-0.25, -0.2) is 4.79 Å². The Kier molecular flexibility index (Phi) is 7.24. The Labute approximate surface area is 187 Å². The lowest BCUT2D eigenvalue weighted by Crippen LogP contribution is -2.21. The second-order valence-electron chi connectivity index (χ2n) is 7.19. The Morgan fingerprint density at radius 1 is 1.03 bits per heavy atom. The van der Waals surface area contributed by atoms with Crippen LogP contribution in [0, 0.1) is 20.8 Å². The summed E-state index contributed by atoms with van der Waals surface area (Å²) in [6, 6.07) is 16.3. The number of carbonyl (C=O) groups is 1. The highest BCUT2D eigenvalue weighted by Crippen LogP contribution is 2.31. The Balaban J connectivity index is 1.82. The number of ether oxygens (including phenoxy) is 1. The van der Waals surface area contributed by atoms with Crippen LogP contribution in [-0.4, -0.2) is 17.7 Å². The lowest BCUT2D eigenvalue weighted by molar-refractivity contribution is 0.0528. The molecule has 3 rings (SSSR count). The van der Waals surface area contributed by atoms with Crippen molar-refractivity contribution in [3.8, 4) is 0 Å². The minimum atomic E-state index is -0.346. The van der Waals surface area contributed by atoms with Crippen molar-refractivity contribution in [2.45, 2.75) is 34.1 Å². The summed E-state index contributed by atoms with van der Waals surface area (Å²) in [5.74, 6) is -0.346. The maximum Gasteiger partial charge on any atom is 0.341 e. The fourth-order valence-electron chi connectivity index (χ4n) is 3.40. The molecule has 0 fully saturated rings. The van der Waals surface area contributed by atoms with Gasteiger partial charge in [-0.1, -0.05) is 48.0 Å². The molecule has 0 amide bonds. The van der Waals surface area contributed by atoms with Crippen LogP contribution in [0.4, 0.5) is 10.7 Å². The molecule has 2 aromatic carbocycles. The first-order valence-electron chi connectivity index (χ1n) is 9.87. The van der Waals surface area contributed by atoms with Gasteiger partial charge < -0.3 is 15.4 Å². The Morgan fingerprint density at radius 2 is 1.70 bits per heavy atom. The van der Waals surface area contributed by atoms with E-state index in [2.05, 4.69) is 55.7 Å². The lowest BCUT2D eigenvalue weighted by Gasteiger charge is -2.15. The quantitative estimate of drug-likeness (QED) is 0.352. The molecular weight excluding hydrogens is 412 g/mol. The van der Waals surface area contributed by atoms with Gasteiger partial charge in [-0.3, -0.25) is 0 Å². The second kappa shape index (κ2) is 9.87. The molecule has 0 unspecified atom stereocenters. The van der Waals surface area contributed by atoms with Gasteiger partial charge in [0.05, 0.1) is 12.2 Å². The highest BCUT2D eigenvalue weighted by Gasteiger charge is 2.19. The number of nitrogens with one attached hydrogen (secondary N) is 2. The molecule has 2 N–H and O–H groups in total. The summed E-state index contributed by atoms with van der Waals surface area (Å²) in [6.07, 6.45) is 0.746. The SMILES string of the molecule is CCOC(=O)c1cc(Cc2ccccc2)sc1NC(=S)Nc1c(C)cc(C)cc1C. The van der Waals surface area contributed by atoms with Crippen molar-refractivity contribution in [2.24, 2.45) is 0 Å². The van der Waals surface area contributed by atoms with E-state index in [1.807, 2.05) is 24.3 Å². The van der Waals surface area contributed by atoms with Crippen LogP contribution in [-0.2, 0) is 11.2 Å². The smallest absolute Gasteiger partial charge is 0.341 e. The minimum absolute atomic E-state index is 0.326. The number of anilines is 2. The number of benzene rings is 2. The lowest BCUT2D eigenvalue weighted by atomic mass is 10.1. The van der Waals surface area contributed by atoms with E-state index in [-0.39, 0.29) is 5.97 Å². The summed E-state index contributed by atoms with van der Waals surface area (Å²) >= 11 is 7.07. The fraction of sp³-hybridized carbons (Fsp3) is 0.250. The van der Waals surface area contributed by atoms with Crippen LogP contribution in [0.1, 0.15) is 44.4 Å². The van der Waals surface area contributed by atoms with Crippen LogP contribution in [0.5, 0.6) is 0 Å². The average molecular weight is 439 g/mol. The van der Waals surface area contributed by atoms with Gasteiger partial charge in [0.15, 0.2) is 5.11 Å². The van der Waals surface area contributed by atoms with Gasteiger partial charge in [-0.15, -0.1) is 11.3 Å². The Morgan fingerprint density at radius 3 is 2.33 bits per heavy atom. The predicted molar refractivity (Wildman–Crippen MR) is 130 cm³/mol. The van der Waals surface area contributed by atoms with E-state index in [0.717, 1.165) is 28.1 Å². The van der Waals surface area contributed by atoms with Crippen molar-refractivity contribution < 1.29 is 9.53 Å². The molecule has 156 valence electrons. The van der Waals surface area contributed by atoms with Crippen molar-refractivity contribution >= 4 is 45.3 Å². The molecule has 0 radical (unpaired) electrons. The summed E-state index contributed by atoms with van der Waals surface area (Å²) in [5.41, 5.74) is 6.14. The third-order valence-electron chi connectivity index (χ3n) is 4.64. The highest BCUT2D eigenvalue weighted by atomic mass is 32.1. The van der Waals surface area contributed by atoms with Crippen LogP contribution >= 0.6 is 23.6 Å². The predicted octanol–water partition coefficient (Wildman–Crippen LogP) is 6.25. The summed E-state index contributed by atoms with van der Waals surface area (Å²) in [4.78, 5) is 13.6. The molecule has 0 spiro atoms. The van der Waals surface area contributed by atoms with E-state index < -0.39 is 0 Å². The van der Waals surface area contributed by atoms with Gasteiger partial charge >= 0.3 is 5.97 Å². The highest BCUT2D eigenvalue weighted by molar-refractivity contribution is 7.80. The van der Waals surface area contributed by atoms with E-state index in [4.69, 9.17) is 17.0 Å². The molecule has 6 heteroatoms. The number of hydrogen-bond donors (Lipinski definition) is 2. The summed E-state index contributed by atoms with van der Waals surface area (Å²) in [5, 5.41) is 7.64. The maximum atomic E-state index is 12.5. The van der Waals surface area contributed by atoms with Gasteiger partial charge in [0, 0.05) is 17.0 Å². The number of esters is 1. The molecular formula is C24H26N2O2S2. The zero-order valence-corrected chi connectivity index (χ0v) is 19.3. The summed E-state index contributed by atoms with van der Waals surface area (Å²) < 4.78 is 5.25. The fourth-order valence-corrected chi connectivity index (χ4v) is 4.76. The topological polar surface area (TPSA) is 50.4 Å². The first-order valence-corrected chi connectivity index (χ1v) is 11.1. The van der Waals surface area contributed by atoms with Gasteiger partial charge in [-0.2, -0.15) is 0 Å². The number of aryl methyl sites for hydroxylation is 3. The molecule has 0 bridgehead atoms. The zero-order chi connectivity index (χ0) is 21.7. The number of thiophene rings is 1. The first kappa shape index (κ1) is 22.0. The summed E-state index contributed by atoms with van der Waals surface area (Å²) in [7, 11) is 0. The molecule has 4 nitrogen and oxygen atoms in total. The maximum absolute atomic E-state index is 12.5. The van der Waals surface area contributed by atoms with E-state index >= 15 is 0 Å². The van der Waals surface area contributed by atoms with E-state index in [1.54, 1.807) is 6.92 Å². The average Bonchev–Trinajstić information content (AvgIpc) is 3.07. The largest absolute Gasteiger partial charge is 0.462 e. The molecule has 0 aliphatic rings. The Bertz CT molecular complexity index is 1040. The zero-order valence-electron chi connectivity index (χ0n) is 17.7. The van der Waals surface area contributed by atoms with Crippen molar-refractivity contribution in [1.29, 1.82) is 0 Å². The van der Waals surface area contributed by atoms with Crippen LogP contribution < -0.4 is 10.6 Å². The Hall–Kier alpha value is -2.70. The van der Waals surface area contributed by atoms with Crippen molar-refractivity contribution in [3.05, 3.63) is 81.2 Å². The molecule has 0 atom stereocenters. The number of carbonyl (C=O) groups excluding carboxylic acids is 1. The van der Waals surface area contributed by atoms with Crippen LogP contribution in [0.3, 0.4) is 0 Å². The molecule has 1 heterocycles. The second-order valence-corrected chi connectivity index (χ2v) is 8.74. The third kappa shape index (κ3) is 5.46. The van der Waals surface area contributed by atoms with Gasteiger partial charge in [-0.05, 0) is 62.7 Å². The molecule has 3 aromatic rings. The number of thiocarbonyl (C=S) groups is 1. The van der Waals surface area contributed by atoms with Crippen LogP contribution in [0.2, 0.25) is 0 Å². The van der Waals surface area contributed by atoms with Crippen LogP contribution in [0.15, 0.2) is 48.5 Å². The number of hydrogen-bond acceptors (Lipinski definition) is 4.